The van der Waals surface area contributed by atoms with Gasteiger partial charge in [0.05, 0.1) is 0 Å². The van der Waals surface area contributed by atoms with Crippen LogP contribution in [0.4, 0.5) is 13.2 Å². The van der Waals surface area contributed by atoms with Gasteiger partial charge in [0.15, 0.2) is 5.84 Å². The smallest absolute Gasteiger partial charge is 0.400 e. The molecule has 1 atom stereocenters. The number of thiophene rings is 1. The second kappa shape index (κ2) is 6.05. The average Bonchev–Trinajstić information content (AvgIpc) is 2.76. The highest BCUT2D eigenvalue weighted by molar-refractivity contribution is 7.07. The number of halogens is 3. The summed E-state index contributed by atoms with van der Waals surface area (Å²) in [7, 11) is 1.56. The zero-order valence-corrected chi connectivity index (χ0v) is 10.5. The molecule has 0 saturated heterocycles. The Morgan fingerprint density at radius 3 is 2.72 bits per heavy atom. The topological polar surface area (TPSA) is 61.8 Å². The van der Waals surface area contributed by atoms with Gasteiger partial charge >= 0.3 is 6.18 Å². The molecular weight excluding hydrogens is 267 g/mol. The molecule has 0 aromatic carbocycles. The zero-order chi connectivity index (χ0) is 13.8. The van der Waals surface area contributed by atoms with Crippen LogP contribution in [0.2, 0.25) is 0 Å². The molecule has 0 aliphatic heterocycles. The van der Waals surface area contributed by atoms with Crippen molar-refractivity contribution in [2.24, 2.45) is 16.8 Å². The summed E-state index contributed by atoms with van der Waals surface area (Å²) in [5.41, 5.74) is 6.01. The van der Waals surface area contributed by atoms with Crippen LogP contribution in [-0.2, 0) is 6.54 Å². The van der Waals surface area contributed by atoms with Crippen molar-refractivity contribution in [2.45, 2.75) is 12.7 Å². The van der Waals surface area contributed by atoms with E-state index in [9.17, 15) is 13.2 Å². The normalized spacial score (nSPS) is 15.1. The van der Waals surface area contributed by atoms with Gasteiger partial charge in [-0.05, 0) is 29.4 Å². The van der Waals surface area contributed by atoms with Crippen molar-refractivity contribution in [1.82, 2.24) is 4.90 Å². The molecule has 0 fully saturated rings. The number of oxime groups is 1. The van der Waals surface area contributed by atoms with E-state index >= 15 is 0 Å². The fourth-order valence-corrected chi connectivity index (χ4v) is 2.16. The van der Waals surface area contributed by atoms with Crippen molar-refractivity contribution in [3.05, 3.63) is 22.4 Å². The molecule has 1 aromatic heterocycles. The van der Waals surface area contributed by atoms with Crippen LogP contribution in [0, 0.1) is 5.92 Å². The lowest BCUT2D eigenvalue weighted by Gasteiger charge is -2.24. The Labute approximate surface area is 107 Å². The first-order valence-corrected chi connectivity index (χ1v) is 6.02. The van der Waals surface area contributed by atoms with E-state index in [0.29, 0.717) is 6.54 Å². The van der Waals surface area contributed by atoms with Gasteiger partial charge in [0.1, 0.15) is 5.92 Å². The molecule has 0 spiro atoms. The lowest BCUT2D eigenvalue weighted by atomic mass is 10.1. The van der Waals surface area contributed by atoms with E-state index in [1.165, 1.54) is 16.2 Å². The van der Waals surface area contributed by atoms with Crippen molar-refractivity contribution in [3.63, 3.8) is 0 Å². The van der Waals surface area contributed by atoms with Gasteiger partial charge in [-0.3, -0.25) is 0 Å². The molecule has 0 radical (unpaired) electrons. The first kappa shape index (κ1) is 14.8. The molecule has 0 bridgehead atoms. The van der Waals surface area contributed by atoms with Crippen molar-refractivity contribution in [2.75, 3.05) is 13.6 Å². The van der Waals surface area contributed by atoms with Crippen LogP contribution < -0.4 is 5.73 Å². The first-order valence-electron chi connectivity index (χ1n) is 5.08. The Bertz CT molecular complexity index is 392. The minimum Gasteiger partial charge on any atom is -0.409 e. The number of nitrogens with zero attached hydrogens (tertiary/aromatic N) is 2. The molecule has 0 aliphatic carbocycles. The molecule has 0 aliphatic rings. The second-order valence-electron chi connectivity index (χ2n) is 3.95. The van der Waals surface area contributed by atoms with Gasteiger partial charge in [0, 0.05) is 13.1 Å². The number of hydrogen-bond donors (Lipinski definition) is 2. The van der Waals surface area contributed by atoms with Crippen molar-refractivity contribution >= 4 is 17.2 Å². The summed E-state index contributed by atoms with van der Waals surface area (Å²) >= 11 is 1.48. The predicted octanol–water partition coefficient (Wildman–Crippen LogP) is 2.10. The standard InChI is InChI=1S/C10H14F3N3OS/c1-16(4-7-2-3-18-6-7)5-8(9(14)15-17)10(11,12)13/h2-3,6,8,17H,4-5H2,1H3,(H2,14,15). The largest absolute Gasteiger partial charge is 0.409 e. The molecule has 102 valence electrons. The summed E-state index contributed by atoms with van der Waals surface area (Å²) in [6.45, 7) is 0.0318. The second-order valence-corrected chi connectivity index (χ2v) is 4.73. The highest BCUT2D eigenvalue weighted by atomic mass is 32.1. The first-order chi connectivity index (χ1) is 8.34. The van der Waals surface area contributed by atoms with Crippen molar-refractivity contribution in [1.29, 1.82) is 0 Å². The summed E-state index contributed by atoms with van der Waals surface area (Å²) in [6, 6.07) is 1.84. The summed E-state index contributed by atoms with van der Waals surface area (Å²) in [4.78, 5) is 1.48. The van der Waals surface area contributed by atoms with Gasteiger partial charge in [0.25, 0.3) is 0 Å². The average molecular weight is 281 g/mol. The molecule has 1 aromatic rings. The predicted molar refractivity (Wildman–Crippen MR) is 63.6 cm³/mol. The fourth-order valence-electron chi connectivity index (χ4n) is 1.50. The van der Waals surface area contributed by atoms with Crippen LogP contribution in [0.1, 0.15) is 5.56 Å². The molecular formula is C10H14F3N3OS. The number of hydrogen-bond acceptors (Lipinski definition) is 4. The van der Waals surface area contributed by atoms with E-state index in [1.54, 1.807) is 7.05 Å². The number of amidine groups is 1. The quantitative estimate of drug-likeness (QED) is 0.376. The van der Waals surface area contributed by atoms with Crippen LogP contribution in [0.25, 0.3) is 0 Å². The van der Waals surface area contributed by atoms with Crippen LogP contribution in [0.3, 0.4) is 0 Å². The van der Waals surface area contributed by atoms with E-state index < -0.39 is 17.9 Å². The van der Waals surface area contributed by atoms with Crippen LogP contribution in [0.5, 0.6) is 0 Å². The highest BCUT2D eigenvalue weighted by Crippen LogP contribution is 2.27. The highest BCUT2D eigenvalue weighted by Gasteiger charge is 2.43. The minimum atomic E-state index is -4.53. The fraction of sp³-hybridized carbons (Fsp3) is 0.500. The summed E-state index contributed by atoms with van der Waals surface area (Å²) < 4.78 is 38.1. The number of alkyl halides is 3. The Kier molecular flexibility index (Phi) is 4.97. The van der Waals surface area contributed by atoms with Crippen LogP contribution in [0.15, 0.2) is 22.0 Å². The molecule has 1 rings (SSSR count). The monoisotopic (exact) mass is 281 g/mol. The number of rotatable bonds is 5. The van der Waals surface area contributed by atoms with Gasteiger partial charge < -0.3 is 15.8 Å². The summed E-state index contributed by atoms with van der Waals surface area (Å²) in [5, 5.41) is 14.6. The Balaban J connectivity index is 2.66. The van der Waals surface area contributed by atoms with Gasteiger partial charge in [0.2, 0.25) is 0 Å². The van der Waals surface area contributed by atoms with E-state index in [-0.39, 0.29) is 6.54 Å². The Morgan fingerprint density at radius 2 is 2.28 bits per heavy atom. The van der Waals surface area contributed by atoms with E-state index in [4.69, 9.17) is 10.9 Å². The van der Waals surface area contributed by atoms with Gasteiger partial charge in [-0.1, -0.05) is 5.16 Å². The molecule has 0 amide bonds. The Hall–Kier alpha value is -1.28. The number of nitrogens with two attached hydrogens (primary N) is 1. The minimum absolute atomic E-state index is 0.352. The van der Waals surface area contributed by atoms with E-state index in [0.717, 1.165) is 5.56 Å². The molecule has 3 N–H and O–H groups in total. The maximum atomic E-state index is 12.7. The van der Waals surface area contributed by atoms with Crippen LogP contribution in [-0.4, -0.2) is 35.7 Å². The summed E-state index contributed by atoms with van der Waals surface area (Å²) in [5.74, 6) is -2.79. The van der Waals surface area contributed by atoms with E-state index in [2.05, 4.69) is 5.16 Å². The molecule has 1 heterocycles. The zero-order valence-electron chi connectivity index (χ0n) is 9.68. The van der Waals surface area contributed by atoms with Gasteiger partial charge in [-0.2, -0.15) is 24.5 Å². The third-order valence-electron chi connectivity index (χ3n) is 2.39. The molecule has 0 saturated carbocycles. The lowest BCUT2D eigenvalue weighted by molar-refractivity contribution is -0.159. The SMILES string of the molecule is CN(Cc1ccsc1)CC(/C(N)=N/O)C(F)(F)F. The Morgan fingerprint density at radius 1 is 1.61 bits per heavy atom. The molecule has 1 unspecified atom stereocenters. The maximum absolute atomic E-state index is 12.7. The van der Waals surface area contributed by atoms with Crippen molar-refractivity contribution < 1.29 is 18.4 Å². The molecule has 4 nitrogen and oxygen atoms in total. The van der Waals surface area contributed by atoms with Gasteiger partial charge in [-0.15, -0.1) is 0 Å². The van der Waals surface area contributed by atoms with Gasteiger partial charge in [-0.25, -0.2) is 0 Å². The summed E-state index contributed by atoms with van der Waals surface area (Å²) in [6.07, 6.45) is -4.53. The molecule has 18 heavy (non-hydrogen) atoms. The molecule has 8 heteroatoms. The van der Waals surface area contributed by atoms with Crippen molar-refractivity contribution in [3.8, 4) is 0 Å². The lowest BCUT2D eigenvalue weighted by Crippen LogP contribution is -2.43. The third kappa shape index (κ3) is 4.19. The van der Waals surface area contributed by atoms with E-state index in [1.807, 2.05) is 16.8 Å². The van der Waals surface area contributed by atoms with Crippen LogP contribution >= 0.6 is 11.3 Å². The maximum Gasteiger partial charge on any atom is 0.400 e. The third-order valence-corrected chi connectivity index (χ3v) is 3.13.